The van der Waals surface area contributed by atoms with Crippen molar-refractivity contribution >= 4 is 11.5 Å². The quantitative estimate of drug-likeness (QED) is 0.273. The summed E-state index contributed by atoms with van der Waals surface area (Å²) >= 11 is 0. The van der Waals surface area contributed by atoms with Crippen LogP contribution in [0, 0.1) is 0 Å². The zero-order valence-electron chi connectivity index (χ0n) is 20.1. The Bertz CT molecular complexity index is 864. The lowest BCUT2D eigenvalue weighted by Crippen LogP contribution is -2.35. The molecule has 0 aromatic heterocycles. The number of anilines is 1. The molecule has 6 heteroatoms. The number of halogens is 2. The number of nitrogens with one attached hydrogen (secondary N) is 1. The van der Waals surface area contributed by atoms with E-state index in [2.05, 4.69) is 55.3 Å². The van der Waals surface area contributed by atoms with Gasteiger partial charge in [0.05, 0.1) is 0 Å². The van der Waals surface area contributed by atoms with Gasteiger partial charge in [-0.2, -0.15) is 8.78 Å². The molecule has 1 aliphatic carbocycles. The molecule has 0 aliphatic heterocycles. The molecular weight excluding hydrogens is 408 g/mol. The van der Waals surface area contributed by atoms with Crippen LogP contribution in [0.2, 0.25) is 0 Å². The maximum atomic E-state index is 13.0. The summed E-state index contributed by atoms with van der Waals surface area (Å²) in [5.41, 5.74) is 5.69. The summed E-state index contributed by atoms with van der Waals surface area (Å²) in [7, 11) is 0. The van der Waals surface area contributed by atoms with Crippen LogP contribution in [-0.2, 0) is 0 Å². The lowest BCUT2D eigenvalue weighted by atomic mass is 10.0. The molecule has 0 amide bonds. The second-order valence-electron chi connectivity index (χ2n) is 8.30. The Morgan fingerprint density at radius 3 is 2.41 bits per heavy atom. The number of aliphatic imine (C=N–C) groups is 1. The van der Waals surface area contributed by atoms with E-state index in [0.29, 0.717) is 0 Å². The molecule has 0 unspecified atom stereocenters. The first-order valence-corrected chi connectivity index (χ1v) is 11.4. The Balaban J connectivity index is 1.94. The molecule has 0 saturated carbocycles. The largest absolute Gasteiger partial charge is 0.433 e. The fourth-order valence-electron chi connectivity index (χ4n) is 3.86. The standard InChI is InChI=1S/C26H37F2N3O/c1-7-17-31(25(29-8-2)24-19(3)11-12-20(24)4)18-9-10-21(5)30-22-13-15-23(16-14-22)32-26(6,27)28/h11,13-16,30H,5,7-10,12,17-18H2,1-4,6H3. The fourth-order valence-corrected chi connectivity index (χ4v) is 3.86. The van der Waals surface area contributed by atoms with E-state index in [4.69, 9.17) is 4.99 Å². The Kier molecular flexibility index (Phi) is 9.48. The molecule has 2 rings (SSSR count). The molecule has 0 saturated heterocycles. The van der Waals surface area contributed by atoms with E-state index in [1.807, 2.05) is 0 Å². The smallest absolute Gasteiger partial charge is 0.394 e. The van der Waals surface area contributed by atoms with Crippen molar-refractivity contribution in [2.24, 2.45) is 4.99 Å². The first-order valence-electron chi connectivity index (χ1n) is 11.4. The SMILES string of the molecule is C=C(CCCN(CCC)C(=NCC)C1=C(C)CC=C1C)Nc1ccc(OC(C)(F)F)cc1. The molecule has 0 atom stereocenters. The van der Waals surface area contributed by atoms with Crippen LogP contribution < -0.4 is 10.1 Å². The highest BCUT2D eigenvalue weighted by Gasteiger charge is 2.23. The molecule has 176 valence electrons. The number of hydrogen-bond donors (Lipinski definition) is 1. The van der Waals surface area contributed by atoms with Crippen LogP contribution in [0.25, 0.3) is 0 Å². The van der Waals surface area contributed by atoms with Crippen molar-refractivity contribution in [2.45, 2.75) is 66.4 Å². The van der Waals surface area contributed by atoms with E-state index >= 15 is 0 Å². The Morgan fingerprint density at radius 1 is 1.19 bits per heavy atom. The Morgan fingerprint density at radius 2 is 1.88 bits per heavy atom. The van der Waals surface area contributed by atoms with Gasteiger partial charge < -0.3 is 15.0 Å². The van der Waals surface area contributed by atoms with Gasteiger partial charge >= 0.3 is 6.11 Å². The third-order valence-electron chi connectivity index (χ3n) is 5.24. The lowest BCUT2D eigenvalue weighted by molar-refractivity contribution is -0.158. The third-order valence-corrected chi connectivity index (χ3v) is 5.24. The topological polar surface area (TPSA) is 36.9 Å². The van der Waals surface area contributed by atoms with Crippen LogP contribution in [0.1, 0.15) is 60.3 Å². The van der Waals surface area contributed by atoms with Crippen molar-refractivity contribution in [1.29, 1.82) is 0 Å². The molecule has 0 spiro atoms. The summed E-state index contributed by atoms with van der Waals surface area (Å²) < 4.78 is 30.5. The zero-order chi connectivity index (χ0) is 23.7. The van der Waals surface area contributed by atoms with Crippen molar-refractivity contribution in [3.8, 4) is 5.75 Å². The van der Waals surface area contributed by atoms with Crippen LogP contribution in [0.5, 0.6) is 5.75 Å². The van der Waals surface area contributed by atoms with E-state index in [9.17, 15) is 8.78 Å². The molecule has 0 fully saturated rings. The van der Waals surface area contributed by atoms with Crippen molar-refractivity contribution in [1.82, 2.24) is 4.90 Å². The highest BCUT2D eigenvalue weighted by molar-refractivity contribution is 6.03. The monoisotopic (exact) mass is 445 g/mol. The predicted molar refractivity (Wildman–Crippen MR) is 131 cm³/mol. The minimum absolute atomic E-state index is 0.132. The molecule has 1 aromatic rings. The summed E-state index contributed by atoms with van der Waals surface area (Å²) in [6, 6.07) is 6.48. The number of rotatable bonds is 12. The summed E-state index contributed by atoms with van der Waals surface area (Å²) in [4.78, 5) is 7.26. The lowest BCUT2D eigenvalue weighted by Gasteiger charge is -2.28. The molecule has 0 radical (unpaired) electrons. The van der Waals surface area contributed by atoms with E-state index < -0.39 is 6.11 Å². The third kappa shape index (κ3) is 7.81. The van der Waals surface area contributed by atoms with Gasteiger partial charge in [-0.1, -0.05) is 25.2 Å². The second-order valence-corrected chi connectivity index (χ2v) is 8.30. The number of ether oxygens (including phenoxy) is 1. The van der Waals surface area contributed by atoms with Gasteiger partial charge in [0.15, 0.2) is 0 Å². The van der Waals surface area contributed by atoms with Crippen molar-refractivity contribution < 1.29 is 13.5 Å². The number of amidine groups is 1. The molecule has 1 aliphatic rings. The molecule has 32 heavy (non-hydrogen) atoms. The predicted octanol–water partition coefficient (Wildman–Crippen LogP) is 7.18. The average molecular weight is 446 g/mol. The van der Waals surface area contributed by atoms with Crippen molar-refractivity contribution in [3.63, 3.8) is 0 Å². The van der Waals surface area contributed by atoms with E-state index in [-0.39, 0.29) is 5.75 Å². The normalized spacial score (nSPS) is 14.5. The summed E-state index contributed by atoms with van der Waals surface area (Å²) in [6.45, 7) is 16.1. The van der Waals surface area contributed by atoms with Gasteiger partial charge in [0.1, 0.15) is 11.6 Å². The minimum Gasteiger partial charge on any atom is -0.433 e. The summed E-state index contributed by atoms with van der Waals surface area (Å²) in [5, 5.41) is 3.26. The maximum absolute atomic E-state index is 13.0. The van der Waals surface area contributed by atoms with Crippen molar-refractivity contribution in [2.75, 3.05) is 25.0 Å². The van der Waals surface area contributed by atoms with Crippen molar-refractivity contribution in [3.05, 3.63) is 59.3 Å². The van der Waals surface area contributed by atoms with Gasteiger partial charge in [-0.05, 0) is 76.3 Å². The maximum Gasteiger partial charge on any atom is 0.394 e. The number of alkyl halides is 2. The van der Waals surface area contributed by atoms with Crippen LogP contribution in [0.3, 0.4) is 0 Å². The number of hydrogen-bond acceptors (Lipinski definition) is 3. The molecule has 4 nitrogen and oxygen atoms in total. The van der Waals surface area contributed by atoms with Crippen LogP contribution in [-0.4, -0.2) is 36.5 Å². The second kappa shape index (κ2) is 11.8. The fraction of sp³-hybridized carbons (Fsp3) is 0.500. The first-order chi connectivity index (χ1) is 15.1. The summed E-state index contributed by atoms with van der Waals surface area (Å²) in [5.74, 6) is 1.24. The van der Waals surface area contributed by atoms with Crippen LogP contribution in [0.15, 0.2) is 64.3 Å². The van der Waals surface area contributed by atoms with Gasteiger partial charge in [0.2, 0.25) is 0 Å². The highest BCUT2D eigenvalue weighted by atomic mass is 19.3. The van der Waals surface area contributed by atoms with Crippen LogP contribution >= 0.6 is 0 Å². The molecule has 1 aromatic carbocycles. The van der Waals surface area contributed by atoms with Gasteiger partial charge in [-0.3, -0.25) is 4.99 Å². The van der Waals surface area contributed by atoms with E-state index in [1.54, 1.807) is 12.1 Å². The zero-order valence-corrected chi connectivity index (χ0v) is 20.1. The van der Waals surface area contributed by atoms with Gasteiger partial charge in [-0.15, -0.1) is 0 Å². The molecular formula is C26H37F2N3O. The van der Waals surface area contributed by atoms with Gasteiger partial charge in [0, 0.05) is 43.5 Å². The molecule has 0 heterocycles. The molecule has 1 N–H and O–H groups in total. The number of allylic oxidation sites excluding steroid dienone is 3. The number of nitrogens with zero attached hydrogens (tertiary/aromatic N) is 2. The van der Waals surface area contributed by atoms with Gasteiger partial charge in [0.25, 0.3) is 0 Å². The molecule has 0 bridgehead atoms. The number of benzene rings is 1. The highest BCUT2D eigenvalue weighted by Crippen LogP contribution is 2.28. The van der Waals surface area contributed by atoms with E-state index in [0.717, 1.165) is 69.5 Å². The Hall–Kier alpha value is -2.63. The summed E-state index contributed by atoms with van der Waals surface area (Å²) in [6.07, 6.45) is 2.89. The average Bonchev–Trinajstić information content (AvgIpc) is 3.04. The minimum atomic E-state index is -3.19. The van der Waals surface area contributed by atoms with Crippen LogP contribution in [0.4, 0.5) is 14.5 Å². The first kappa shape index (κ1) is 25.6. The Labute approximate surface area is 191 Å². The van der Waals surface area contributed by atoms with Gasteiger partial charge in [-0.25, -0.2) is 0 Å². The van der Waals surface area contributed by atoms with E-state index in [1.165, 1.54) is 28.9 Å².